The van der Waals surface area contributed by atoms with Gasteiger partial charge in [-0.2, -0.15) is 0 Å². The van der Waals surface area contributed by atoms with E-state index in [2.05, 4.69) is 4.98 Å². The first-order valence-electron chi connectivity index (χ1n) is 8.28. The summed E-state index contributed by atoms with van der Waals surface area (Å²) in [5, 5.41) is 0. The summed E-state index contributed by atoms with van der Waals surface area (Å²) >= 11 is 0. The summed E-state index contributed by atoms with van der Waals surface area (Å²) in [6, 6.07) is 17.7. The Bertz CT molecular complexity index is 888. The highest BCUT2D eigenvalue weighted by molar-refractivity contribution is 5.97. The molecule has 3 rings (SSSR count). The highest BCUT2D eigenvalue weighted by Gasteiger charge is 2.21. The highest BCUT2D eigenvalue weighted by Crippen LogP contribution is 2.27. The van der Waals surface area contributed by atoms with Crippen LogP contribution in [0.1, 0.15) is 28.5 Å². The summed E-state index contributed by atoms with van der Waals surface area (Å²) in [7, 11) is 0. The molecule has 0 aliphatic heterocycles. The molecule has 25 heavy (non-hydrogen) atoms. The van der Waals surface area contributed by atoms with Crippen LogP contribution in [0.15, 0.2) is 54.6 Å². The van der Waals surface area contributed by atoms with Gasteiger partial charge >= 0.3 is 5.97 Å². The molecule has 0 unspecified atom stereocenters. The zero-order valence-corrected chi connectivity index (χ0v) is 14.6. The Labute approximate surface area is 147 Å². The van der Waals surface area contributed by atoms with E-state index < -0.39 is 5.97 Å². The quantitative estimate of drug-likeness (QED) is 0.655. The zero-order chi connectivity index (χ0) is 17.8. The molecule has 0 bridgehead atoms. The first-order valence-corrected chi connectivity index (χ1v) is 8.28. The smallest absolute Gasteiger partial charge is 0.342 e. The van der Waals surface area contributed by atoms with E-state index in [0.29, 0.717) is 29.4 Å². The Hall–Kier alpha value is -3.01. The molecule has 0 fully saturated rings. The standard InChI is InChI=1S/C21H20N2O2/c1-4-25-21(24)18-15(3)22-20(17-8-6-5-7-9-17)23-19(18)16-12-10-14(2)11-13-16/h5-13H,4H2,1-3H3. The average molecular weight is 332 g/mol. The van der Waals surface area contributed by atoms with Crippen molar-refractivity contribution in [1.82, 2.24) is 9.97 Å². The lowest BCUT2D eigenvalue weighted by atomic mass is 10.0. The number of hydrogen-bond donors (Lipinski definition) is 0. The maximum absolute atomic E-state index is 12.5. The molecular formula is C21H20N2O2. The van der Waals surface area contributed by atoms with Gasteiger partial charge in [-0.05, 0) is 20.8 Å². The van der Waals surface area contributed by atoms with E-state index in [0.717, 1.165) is 16.7 Å². The van der Waals surface area contributed by atoms with Gasteiger partial charge in [0, 0.05) is 11.1 Å². The van der Waals surface area contributed by atoms with Crippen molar-refractivity contribution in [3.8, 4) is 22.6 Å². The number of ether oxygens (including phenoxy) is 1. The maximum atomic E-state index is 12.5. The SMILES string of the molecule is CCOC(=O)c1c(C)nc(-c2ccccc2)nc1-c1ccc(C)cc1. The lowest BCUT2D eigenvalue weighted by Gasteiger charge is -2.13. The molecule has 0 atom stereocenters. The minimum Gasteiger partial charge on any atom is -0.462 e. The van der Waals surface area contributed by atoms with Gasteiger partial charge in [-0.1, -0.05) is 60.2 Å². The second-order valence-electron chi connectivity index (χ2n) is 5.81. The summed E-state index contributed by atoms with van der Waals surface area (Å²) in [6.07, 6.45) is 0. The van der Waals surface area contributed by atoms with Crippen LogP contribution in [0.25, 0.3) is 22.6 Å². The van der Waals surface area contributed by atoms with Crippen LogP contribution in [0.3, 0.4) is 0 Å². The Morgan fingerprint density at radius 3 is 2.24 bits per heavy atom. The molecule has 0 saturated carbocycles. The molecule has 2 aromatic carbocycles. The van der Waals surface area contributed by atoms with Crippen molar-refractivity contribution in [2.24, 2.45) is 0 Å². The number of carbonyl (C=O) groups is 1. The van der Waals surface area contributed by atoms with Gasteiger partial charge in [0.2, 0.25) is 0 Å². The summed E-state index contributed by atoms with van der Waals surface area (Å²) in [6.45, 7) is 5.94. The van der Waals surface area contributed by atoms with E-state index in [1.54, 1.807) is 6.92 Å². The van der Waals surface area contributed by atoms with Crippen molar-refractivity contribution in [1.29, 1.82) is 0 Å². The third kappa shape index (κ3) is 3.58. The molecule has 0 saturated heterocycles. The lowest BCUT2D eigenvalue weighted by Crippen LogP contribution is -2.12. The average Bonchev–Trinajstić information content (AvgIpc) is 2.62. The van der Waals surface area contributed by atoms with Gasteiger partial charge < -0.3 is 4.74 Å². The van der Waals surface area contributed by atoms with Crippen LogP contribution in [0.5, 0.6) is 0 Å². The van der Waals surface area contributed by atoms with Gasteiger partial charge in [0.15, 0.2) is 5.82 Å². The van der Waals surface area contributed by atoms with Crippen LogP contribution >= 0.6 is 0 Å². The van der Waals surface area contributed by atoms with Crippen molar-refractivity contribution in [2.45, 2.75) is 20.8 Å². The van der Waals surface area contributed by atoms with Crippen molar-refractivity contribution >= 4 is 5.97 Å². The van der Waals surface area contributed by atoms with Crippen molar-refractivity contribution in [2.75, 3.05) is 6.61 Å². The second-order valence-corrected chi connectivity index (χ2v) is 5.81. The molecule has 1 heterocycles. The molecule has 126 valence electrons. The minimum absolute atomic E-state index is 0.312. The number of esters is 1. The molecule has 0 N–H and O–H groups in total. The fourth-order valence-corrected chi connectivity index (χ4v) is 2.66. The Morgan fingerprint density at radius 1 is 0.920 bits per heavy atom. The summed E-state index contributed by atoms with van der Waals surface area (Å²) in [4.78, 5) is 21.7. The number of hydrogen-bond acceptors (Lipinski definition) is 4. The normalized spacial score (nSPS) is 10.5. The van der Waals surface area contributed by atoms with Crippen LogP contribution in [-0.2, 0) is 4.74 Å². The minimum atomic E-state index is -0.393. The molecule has 4 heteroatoms. The van der Waals surface area contributed by atoms with Crippen LogP contribution in [0, 0.1) is 13.8 Å². The predicted octanol–water partition coefficient (Wildman–Crippen LogP) is 4.60. The molecule has 0 radical (unpaired) electrons. The van der Waals surface area contributed by atoms with Gasteiger partial charge in [-0.15, -0.1) is 0 Å². The first kappa shape index (κ1) is 16.8. The zero-order valence-electron chi connectivity index (χ0n) is 14.6. The molecular weight excluding hydrogens is 312 g/mol. The third-order valence-electron chi connectivity index (χ3n) is 3.93. The highest BCUT2D eigenvalue weighted by atomic mass is 16.5. The molecule has 0 amide bonds. The molecule has 3 aromatic rings. The van der Waals surface area contributed by atoms with Crippen LogP contribution < -0.4 is 0 Å². The Kier molecular flexibility index (Phi) is 4.89. The van der Waals surface area contributed by atoms with Gasteiger partial charge in [-0.25, -0.2) is 14.8 Å². The van der Waals surface area contributed by atoms with Crippen molar-refractivity contribution in [3.05, 3.63) is 71.4 Å². The maximum Gasteiger partial charge on any atom is 0.342 e. The summed E-state index contributed by atoms with van der Waals surface area (Å²) in [5.74, 6) is 0.205. The number of carbonyl (C=O) groups excluding carboxylic acids is 1. The molecule has 4 nitrogen and oxygen atoms in total. The van der Waals surface area contributed by atoms with Crippen LogP contribution in [-0.4, -0.2) is 22.5 Å². The Balaban J connectivity index is 2.21. The lowest BCUT2D eigenvalue weighted by molar-refractivity contribution is 0.0525. The topological polar surface area (TPSA) is 52.1 Å². The number of aromatic nitrogens is 2. The number of benzene rings is 2. The predicted molar refractivity (Wildman–Crippen MR) is 98.3 cm³/mol. The van der Waals surface area contributed by atoms with Crippen LogP contribution in [0.4, 0.5) is 0 Å². The van der Waals surface area contributed by atoms with Gasteiger partial charge in [0.05, 0.1) is 18.0 Å². The monoisotopic (exact) mass is 332 g/mol. The van der Waals surface area contributed by atoms with E-state index in [-0.39, 0.29) is 0 Å². The third-order valence-corrected chi connectivity index (χ3v) is 3.93. The molecule has 0 spiro atoms. The van der Waals surface area contributed by atoms with E-state index >= 15 is 0 Å². The van der Waals surface area contributed by atoms with Crippen molar-refractivity contribution in [3.63, 3.8) is 0 Å². The van der Waals surface area contributed by atoms with Gasteiger partial charge in [-0.3, -0.25) is 0 Å². The van der Waals surface area contributed by atoms with E-state index in [4.69, 9.17) is 9.72 Å². The summed E-state index contributed by atoms with van der Waals surface area (Å²) in [5.41, 5.74) is 4.57. The molecule has 0 aliphatic rings. The Morgan fingerprint density at radius 2 is 1.60 bits per heavy atom. The number of rotatable bonds is 4. The van der Waals surface area contributed by atoms with E-state index in [1.165, 1.54) is 0 Å². The molecule has 0 aliphatic carbocycles. The van der Waals surface area contributed by atoms with Crippen LogP contribution in [0.2, 0.25) is 0 Å². The second kappa shape index (κ2) is 7.26. The largest absolute Gasteiger partial charge is 0.462 e. The van der Waals surface area contributed by atoms with Crippen molar-refractivity contribution < 1.29 is 9.53 Å². The van der Waals surface area contributed by atoms with E-state index in [1.807, 2.05) is 68.4 Å². The summed E-state index contributed by atoms with van der Waals surface area (Å²) < 4.78 is 5.22. The van der Waals surface area contributed by atoms with Gasteiger partial charge in [0.1, 0.15) is 5.56 Å². The number of aryl methyl sites for hydroxylation is 2. The fraction of sp³-hybridized carbons (Fsp3) is 0.190. The fourth-order valence-electron chi connectivity index (χ4n) is 2.66. The van der Waals surface area contributed by atoms with Gasteiger partial charge in [0.25, 0.3) is 0 Å². The number of nitrogens with zero attached hydrogens (tertiary/aromatic N) is 2. The first-order chi connectivity index (χ1) is 12.1. The molecule has 1 aromatic heterocycles. The van der Waals surface area contributed by atoms with E-state index in [9.17, 15) is 4.79 Å².